The summed E-state index contributed by atoms with van der Waals surface area (Å²) in [5, 5.41) is 25.6. The Kier molecular flexibility index (Phi) is 10.6. The SMILES string of the molecule is CCOc1ccc(Cl)cc1NC(=O)c1cc2ccccc2c(N=Nc2cc(Cl)cc(CC)c2S(=O)(=O)O)c1[O-].[Na+]. The number of hydrogen-bond acceptors (Lipinski definition) is 7. The Morgan fingerprint density at radius 2 is 1.75 bits per heavy atom. The zero-order valence-corrected chi connectivity index (χ0v) is 26.1. The van der Waals surface area contributed by atoms with Crippen LogP contribution in [0.15, 0.2) is 75.8 Å². The number of carbonyl (C=O) groups is 1. The van der Waals surface area contributed by atoms with Crippen molar-refractivity contribution in [2.24, 2.45) is 10.2 Å². The van der Waals surface area contributed by atoms with Crippen LogP contribution < -0.4 is 44.7 Å². The number of nitrogens with one attached hydrogen (secondary N) is 1. The van der Waals surface area contributed by atoms with Crippen molar-refractivity contribution in [3.05, 3.63) is 81.8 Å². The molecular weight excluding hydrogens is 588 g/mol. The van der Waals surface area contributed by atoms with Gasteiger partial charge in [-0.3, -0.25) is 9.35 Å². The second kappa shape index (κ2) is 13.3. The summed E-state index contributed by atoms with van der Waals surface area (Å²) in [6, 6.07) is 15.5. The van der Waals surface area contributed by atoms with Crippen LogP contribution >= 0.6 is 23.2 Å². The summed E-state index contributed by atoms with van der Waals surface area (Å²) in [6.45, 7) is 3.81. The summed E-state index contributed by atoms with van der Waals surface area (Å²) in [7, 11) is -4.70. The summed E-state index contributed by atoms with van der Waals surface area (Å²) >= 11 is 12.2. The molecule has 4 aromatic carbocycles. The fraction of sp³-hybridized carbons (Fsp3) is 0.148. The zero-order chi connectivity index (χ0) is 28.3. The Balaban J connectivity index is 0.00000441. The molecule has 0 spiro atoms. The minimum Gasteiger partial charge on any atom is -0.870 e. The third-order valence-electron chi connectivity index (χ3n) is 5.72. The van der Waals surface area contributed by atoms with Gasteiger partial charge in [0.25, 0.3) is 16.0 Å². The van der Waals surface area contributed by atoms with Crippen LogP contribution in [0.4, 0.5) is 17.1 Å². The van der Waals surface area contributed by atoms with Crippen molar-refractivity contribution in [1.29, 1.82) is 0 Å². The molecule has 0 aliphatic carbocycles. The molecule has 202 valence electrons. The molecule has 0 aliphatic heterocycles. The number of anilines is 1. The second-order valence-corrected chi connectivity index (χ2v) is 10.5. The molecule has 0 unspecified atom stereocenters. The van der Waals surface area contributed by atoms with Gasteiger partial charge in [0.05, 0.1) is 18.0 Å². The van der Waals surface area contributed by atoms with Crippen LogP contribution in [0, 0.1) is 0 Å². The summed E-state index contributed by atoms with van der Waals surface area (Å²) in [5.74, 6) is -1.12. The predicted octanol–water partition coefficient (Wildman–Crippen LogP) is 4.10. The zero-order valence-electron chi connectivity index (χ0n) is 21.7. The molecule has 0 saturated heterocycles. The maximum Gasteiger partial charge on any atom is 1.00 e. The first-order valence-electron chi connectivity index (χ1n) is 11.7. The van der Waals surface area contributed by atoms with E-state index >= 15 is 0 Å². The first-order valence-corrected chi connectivity index (χ1v) is 13.9. The van der Waals surface area contributed by atoms with Crippen LogP contribution in [0.3, 0.4) is 0 Å². The van der Waals surface area contributed by atoms with E-state index in [2.05, 4.69) is 15.5 Å². The summed E-state index contributed by atoms with van der Waals surface area (Å²) in [6.07, 6.45) is 0.233. The molecule has 0 atom stereocenters. The van der Waals surface area contributed by atoms with Crippen molar-refractivity contribution in [1.82, 2.24) is 0 Å². The number of halogens is 2. The Morgan fingerprint density at radius 1 is 1.02 bits per heavy atom. The van der Waals surface area contributed by atoms with Crippen LogP contribution in [-0.2, 0) is 16.5 Å². The third kappa shape index (κ3) is 6.95. The largest absolute Gasteiger partial charge is 1.00 e. The van der Waals surface area contributed by atoms with E-state index in [1.165, 1.54) is 24.3 Å². The molecule has 0 saturated carbocycles. The molecule has 0 aromatic heterocycles. The number of nitrogens with zero attached hydrogens (tertiary/aromatic N) is 2. The molecule has 2 N–H and O–H groups in total. The number of carbonyl (C=O) groups excluding carboxylic acids is 1. The number of hydrogen-bond donors (Lipinski definition) is 2. The van der Waals surface area contributed by atoms with E-state index in [0.29, 0.717) is 28.2 Å². The molecule has 4 aromatic rings. The Morgan fingerprint density at radius 3 is 2.42 bits per heavy atom. The molecule has 40 heavy (non-hydrogen) atoms. The van der Waals surface area contributed by atoms with E-state index in [9.17, 15) is 22.9 Å². The number of fused-ring (bicyclic) bond motifs is 1. The second-order valence-electron chi connectivity index (χ2n) is 8.29. The van der Waals surface area contributed by atoms with Gasteiger partial charge in [-0.1, -0.05) is 60.1 Å². The van der Waals surface area contributed by atoms with Gasteiger partial charge in [0.2, 0.25) is 0 Å². The number of rotatable bonds is 8. The monoisotopic (exact) mass is 609 g/mol. The average Bonchev–Trinajstić information content (AvgIpc) is 2.88. The first kappa shape index (κ1) is 31.8. The van der Waals surface area contributed by atoms with E-state index in [1.54, 1.807) is 50.2 Å². The van der Waals surface area contributed by atoms with Crippen molar-refractivity contribution in [3.8, 4) is 11.5 Å². The number of ether oxygens (including phenoxy) is 1. The Bertz CT molecular complexity index is 1730. The first-order chi connectivity index (χ1) is 18.5. The molecule has 4 rings (SSSR count). The molecule has 0 radical (unpaired) electrons. The molecule has 0 heterocycles. The molecule has 9 nitrogen and oxygen atoms in total. The molecule has 0 fully saturated rings. The van der Waals surface area contributed by atoms with Gasteiger partial charge in [-0.05, 0) is 60.7 Å². The van der Waals surface area contributed by atoms with Gasteiger partial charge < -0.3 is 15.2 Å². The van der Waals surface area contributed by atoms with Gasteiger partial charge in [0.1, 0.15) is 16.3 Å². The standard InChI is InChI=1S/C27H23Cl2N3O6S.Na/c1-3-15-11-18(29)14-22(26(15)39(35,36)37)31-32-24-19-8-6-5-7-16(19)12-20(25(24)33)27(34)30-21-13-17(28)9-10-23(21)38-4-2;/h5-14,33H,3-4H2,1-2H3,(H,30,34)(H,35,36,37);/q;+1/p-1. The van der Waals surface area contributed by atoms with E-state index in [-0.39, 0.29) is 69.2 Å². The van der Waals surface area contributed by atoms with Crippen LogP contribution in [0.25, 0.3) is 10.8 Å². The molecule has 0 bridgehead atoms. The van der Waals surface area contributed by atoms with Crippen LogP contribution in [0.1, 0.15) is 29.8 Å². The molecule has 0 aliphatic rings. The van der Waals surface area contributed by atoms with Crippen molar-refractivity contribution in [3.63, 3.8) is 0 Å². The van der Waals surface area contributed by atoms with E-state index in [0.717, 1.165) is 0 Å². The van der Waals surface area contributed by atoms with E-state index < -0.39 is 26.7 Å². The minimum absolute atomic E-state index is 0. The maximum atomic E-state index is 13.5. The molecule has 1 amide bonds. The van der Waals surface area contributed by atoms with E-state index in [4.69, 9.17) is 27.9 Å². The Hall–Kier alpha value is -2.70. The van der Waals surface area contributed by atoms with Crippen LogP contribution in [-0.4, -0.2) is 25.5 Å². The number of aryl methyl sites for hydroxylation is 1. The van der Waals surface area contributed by atoms with E-state index in [1.807, 2.05) is 0 Å². The third-order valence-corrected chi connectivity index (χ3v) is 7.16. The fourth-order valence-corrected chi connectivity index (χ4v) is 5.33. The normalized spacial score (nSPS) is 11.4. The maximum absolute atomic E-state index is 13.5. The number of benzene rings is 4. The average molecular weight is 610 g/mol. The van der Waals surface area contributed by atoms with Gasteiger partial charge >= 0.3 is 29.6 Å². The summed E-state index contributed by atoms with van der Waals surface area (Å²) in [4.78, 5) is 12.8. The van der Waals surface area contributed by atoms with Gasteiger partial charge in [0, 0.05) is 21.0 Å². The summed E-state index contributed by atoms with van der Waals surface area (Å²) < 4.78 is 39.6. The Labute approximate surface area is 263 Å². The van der Waals surface area contributed by atoms with Crippen molar-refractivity contribution >= 4 is 67.1 Å². The van der Waals surface area contributed by atoms with Crippen molar-refractivity contribution in [2.45, 2.75) is 25.2 Å². The van der Waals surface area contributed by atoms with Gasteiger partial charge in [0.15, 0.2) is 0 Å². The van der Waals surface area contributed by atoms with Crippen molar-refractivity contribution in [2.75, 3.05) is 11.9 Å². The number of amides is 1. The van der Waals surface area contributed by atoms with Gasteiger partial charge in [-0.15, -0.1) is 5.11 Å². The molecule has 13 heteroatoms. The smallest absolute Gasteiger partial charge is 0.870 e. The minimum atomic E-state index is -4.70. The summed E-state index contributed by atoms with van der Waals surface area (Å²) in [5.41, 5.74) is -0.186. The predicted molar refractivity (Wildman–Crippen MR) is 149 cm³/mol. The van der Waals surface area contributed by atoms with Gasteiger partial charge in [-0.2, -0.15) is 13.5 Å². The van der Waals surface area contributed by atoms with Crippen LogP contribution in [0.2, 0.25) is 10.0 Å². The number of azo groups is 1. The topological polar surface area (TPSA) is 140 Å². The fourth-order valence-electron chi connectivity index (χ4n) is 4.02. The van der Waals surface area contributed by atoms with Crippen LogP contribution in [0.5, 0.6) is 11.5 Å². The van der Waals surface area contributed by atoms with Crippen molar-refractivity contribution < 1.29 is 57.2 Å². The quantitative estimate of drug-likeness (QED) is 0.175. The van der Waals surface area contributed by atoms with Gasteiger partial charge in [-0.25, -0.2) is 0 Å². The molecular formula is C27H22Cl2N3NaO6S.